The summed E-state index contributed by atoms with van der Waals surface area (Å²) in [5, 5.41) is 0.702. The lowest BCUT2D eigenvalue weighted by Gasteiger charge is -2.12. The van der Waals surface area contributed by atoms with Gasteiger partial charge in [0.05, 0.1) is 18.2 Å². The van der Waals surface area contributed by atoms with Gasteiger partial charge < -0.3 is 9.47 Å². The molecule has 0 spiro atoms. The van der Waals surface area contributed by atoms with Crippen molar-refractivity contribution in [3.8, 4) is 11.5 Å². The van der Waals surface area contributed by atoms with E-state index < -0.39 is 0 Å². The van der Waals surface area contributed by atoms with Crippen LogP contribution in [0.5, 0.6) is 11.5 Å². The van der Waals surface area contributed by atoms with Crippen LogP contribution in [0.3, 0.4) is 0 Å². The maximum absolute atomic E-state index is 13.8. The Bertz CT molecular complexity index is 908. The number of fused-ring (bicyclic) bond motifs is 1. The summed E-state index contributed by atoms with van der Waals surface area (Å²) in [4.78, 5) is 16.0. The molecule has 4 nitrogen and oxygen atoms in total. The van der Waals surface area contributed by atoms with Crippen molar-refractivity contribution in [2.45, 2.75) is 13.5 Å². The van der Waals surface area contributed by atoms with Gasteiger partial charge in [-0.15, -0.1) is 0 Å². The van der Waals surface area contributed by atoms with Crippen LogP contribution < -0.4 is 9.47 Å². The monoisotopic (exact) mass is 325 g/mol. The molecule has 0 aliphatic heterocycles. The van der Waals surface area contributed by atoms with Gasteiger partial charge in [-0.05, 0) is 37.3 Å². The molecule has 2 aromatic carbocycles. The van der Waals surface area contributed by atoms with Gasteiger partial charge in [0, 0.05) is 23.2 Å². The molecule has 0 N–H and O–H groups in total. The number of carbonyl (C=O) groups excluding carboxylic acids is 1. The molecule has 24 heavy (non-hydrogen) atoms. The molecule has 3 aromatic rings. The second-order valence-electron chi connectivity index (χ2n) is 5.35. The van der Waals surface area contributed by atoms with Crippen LogP contribution in [0, 0.1) is 5.82 Å². The lowest BCUT2D eigenvalue weighted by molar-refractivity contribution is 0.101. The van der Waals surface area contributed by atoms with Crippen molar-refractivity contribution in [2.75, 3.05) is 7.11 Å². The predicted octanol–water partition coefficient (Wildman–Crippen LogP) is 4.16. The minimum absolute atomic E-state index is 0.0960. The first-order valence-corrected chi connectivity index (χ1v) is 7.43. The van der Waals surface area contributed by atoms with E-state index in [0.29, 0.717) is 33.5 Å². The summed E-state index contributed by atoms with van der Waals surface area (Å²) in [5.41, 5.74) is 1.73. The maximum Gasteiger partial charge on any atom is 0.163 e. The zero-order chi connectivity index (χ0) is 17.1. The van der Waals surface area contributed by atoms with E-state index in [0.717, 1.165) is 0 Å². The fourth-order valence-electron chi connectivity index (χ4n) is 2.53. The second kappa shape index (κ2) is 6.66. The molecule has 0 fully saturated rings. The molecule has 0 bridgehead atoms. The molecule has 0 radical (unpaired) electrons. The average Bonchev–Trinajstić information content (AvgIpc) is 2.59. The van der Waals surface area contributed by atoms with Crippen molar-refractivity contribution in [1.29, 1.82) is 0 Å². The fraction of sp³-hybridized carbons (Fsp3) is 0.158. The minimum Gasteiger partial charge on any atom is -0.497 e. The number of benzene rings is 2. The molecule has 0 amide bonds. The van der Waals surface area contributed by atoms with Gasteiger partial charge in [0.25, 0.3) is 0 Å². The summed E-state index contributed by atoms with van der Waals surface area (Å²) in [5.74, 6) is 0.508. The Hall–Kier alpha value is -2.95. The normalized spacial score (nSPS) is 10.6. The second-order valence-corrected chi connectivity index (χ2v) is 5.35. The Labute approximate surface area is 138 Å². The molecule has 0 atom stereocenters. The van der Waals surface area contributed by atoms with Crippen LogP contribution in [0.4, 0.5) is 4.39 Å². The number of nitrogens with zero attached hydrogens (tertiary/aromatic N) is 1. The number of methoxy groups -OCH3 is 1. The number of aromatic nitrogens is 1. The number of halogens is 1. The molecule has 0 saturated carbocycles. The zero-order valence-corrected chi connectivity index (χ0v) is 13.4. The van der Waals surface area contributed by atoms with E-state index in [1.807, 2.05) is 0 Å². The van der Waals surface area contributed by atoms with E-state index in [4.69, 9.17) is 9.47 Å². The third-order valence-corrected chi connectivity index (χ3v) is 3.70. The quantitative estimate of drug-likeness (QED) is 0.661. The van der Waals surface area contributed by atoms with Crippen molar-refractivity contribution in [2.24, 2.45) is 0 Å². The lowest BCUT2D eigenvalue weighted by Crippen LogP contribution is -2.03. The fourth-order valence-corrected chi connectivity index (χ4v) is 2.53. The molecule has 0 aliphatic rings. The third-order valence-electron chi connectivity index (χ3n) is 3.70. The van der Waals surface area contributed by atoms with E-state index in [1.54, 1.807) is 36.5 Å². The topological polar surface area (TPSA) is 48.4 Å². The molecular weight excluding hydrogens is 309 g/mol. The first kappa shape index (κ1) is 15.9. The van der Waals surface area contributed by atoms with Crippen LogP contribution in [-0.2, 0) is 6.61 Å². The standard InChI is InChI=1S/C19H16FNO3/c1-12(22)17-6-5-16(23-2)10-18(17)24-11-14-9-15(20)8-13-4-3-7-21-19(13)14/h3-10H,11H2,1-2H3. The van der Waals surface area contributed by atoms with E-state index in [2.05, 4.69) is 4.98 Å². The smallest absolute Gasteiger partial charge is 0.163 e. The summed E-state index contributed by atoms with van der Waals surface area (Å²) in [7, 11) is 1.54. The summed E-state index contributed by atoms with van der Waals surface area (Å²) in [6.07, 6.45) is 1.65. The highest BCUT2D eigenvalue weighted by atomic mass is 19.1. The van der Waals surface area contributed by atoms with Gasteiger partial charge in [0.15, 0.2) is 5.78 Å². The number of hydrogen-bond donors (Lipinski definition) is 0. The van der Waals surface area contributed by atoms with Crippen LogP contribution in [0.25, 0.3) is 10.9 Å². The number of rotatable bonds is 5. The van der Waals surface area contributed by atoms with Crippen LogP contribution in [0.15, 0.2) is 48.7 Å². The summed E-state index contributed by atoms with van der Waals surface area (Å²) < 4.78 is 24.7. The van der Waals surface area contributed by atoms with Crippen LogP contribution in [-0.4, -0.2) is 17.9 Å². The van der Waals surface area contributed by atoms with Crippen molar-refractivity contribution in [3.63, 3.8) is 0 Å². The Morgan fingerprint density at radius 3 is 2.79 bits per heavy atom. The average molecular weight is 325 g/mol. The highest BCUT2D eigenvalue weighted by Crippen LogP contribution is 2.27. The van der Waals surface area contributed by atoms with Gasteiger partial charge in [-0.1, -0.05) is 6.07 Å². The first-order valence-electron chi connectivity index (χ1n) is 7.43. The van der Waals surface area contributed by atoms with Gasteiger partial charge in [0.1, 0.15) is 23.9 Å². The van der Waals surface area contributed by atoms with Gasteiger partial charge >= 0.3 is 0 Å². The third kappa shape index (κ3) is 3.20. The van der Waals surface area contributed by atoms with Crippen molar-refractivity contribution < 1.29 is 18.7 Å². The lowest BCUT2D eigenvalue weighted by atomic mass is 10.1. The molecule has 122 valence electrons. The Morgan fingerprint density at radius 1 is 1.21 bits per heavy atom. The van der Waals surface area contributed by atoms with Crippen LogP contribution in [0.2, 0.25) is 0 Å². The SMILES string of the molecule is COc1ccc(C(C)=O)c(OCc2cc(F)cc3cccnc23)c1. The summed E-state index contributed by atoms with van der Waals surface area (Å²) >= 11 is 0. The summed E-state index contributed by atoms with van der Waals surface area (Å²) in [6.45, 7) is 1.56. The molecular formula is C19H16FNO3. The maximum atomic E-state index is 13.8. The van der Waals surface area contributed by atoms with E-state index in [9.17, 15) is 9.18 Å². The molecule has 1 aromatic heterocycles. The largest absolute Gasteiger partial charge is 0.497 e. The number of hydrogen-bond acceptors (Lipinski definition) is 4. The van der Waals surface area contributed by atoms with Gasteiger partial charge in [0.2, 0.25) is 0 Å². The Kier molecular flexibility index (Phi) is 4.42. The number of carbonyl (C=O) groups is 1. The van der Waals surface area contributed by atoms with Gasteiger partial charge in [-0.25, -0.2) is 4.39 Å². The molecule has 1 heterocycles. The Morgan fingerprint density at radius 2 is 2.04 bits per heavy atom. The minimum atomic E-state index is -0.355. The van der Waals surface area contributed by atoms with Crippen molar-refractivity contribution in [3.05, 3.63) is 65.6 Å². The molecule has 3 rings (SSSR count). The van der Waals surface area contributed by atoms with Crippen LogP contribution >= 0.6 is 0 Å². The van der Waals surface area contributed by atoms with Crippen molar-refractivity contribution in [1.82, 2.24) is 4.98 Å². The Balaban J connectivity index is 1.95. The highest BCUT2D eigenvalue weighted by molar-refractivity contribution is 5.97. The van der Waals surface area contributed by atoms with Gasteiger partial charge in [-0.2, -0.15) is 0 Å². The summed E-state index contributed by atoms with van der Waals surface area (Å²) in [6, 6.07) is 11.4. The molecule has 5 heteroatoms. The zero-order valence-electron chi connectivity index (χ0n) is 13.4. The van der Waals surface area contributed by atoms with E-state index >= 15 is 0 Å². The highest BCUT2D eigenvalue weighted by Gasteiger charge is 2.12. The number of ketones is 1. The van der Waals surface area contributed by atoms with Crippen molar-refractivity contribution >= 4 is 16.7 Å². The number of Topliss-reactive ketones (excluding diaryl/α,β-unsaturated/α-hetero) is 1. The predicted molar refractivity (Wildman–Crippen MR) is 89.0 cm³/mol. The van der Waals surface area contributed by atoms with E-state index in [-0.39, 0.29) is 18.2 Å². The van der Waals surface area contributed by atoms with Gasteiger partial charge in [-0.3, -0.25) is 9.78 Å². The first-order chi connectivity index (χ1) is 11.6. The molecule has 0 unspecified atom stereocenters. The van der Waals surface area contributed by atoms with Crippen LogP contribution in [0.1, 0.15) is 22.8 Å². The molecule has 0 aliphatic carbocycles. The number of pyridine rings is 1. The number of ether oxygens (including phenoxy) is 2. The molecule has 0 saturated heterocycles. The van der Waals surface area contributed by atoms with E-state index in [1.165, 1.54) is 26.2 Å².